The van der Waals surface area contributed by atoms with Crippen molar-refractivity contribution in [2.45, 2.75) is 0 Å². The molecule has 1 aromatic heterocycles. The van der Waals surface area contributed by atoms with E-state index in [9.17, 15) is 0 Å². The first kappa shape index (κ1) is 15.4. The van der Waals surface area contributed by atoms with Gasteiger partial charge in [-0.1, -0.05) is 79.9 Å². The zero-order valence-corrected chi connectivity index (χ0v) is 11.5. The minimum absolute atomic E-state index is 0.919. The van der Waals surface area contributed by atoms with Crippen molar-refractivity contribution in [2.24, 2.45) is 0 Å². The molecule has 0 bridgehead atoms. The van der Waals surface area contributed by atoms with Crippen LogP contribution in [0.2, 0.25) is 0 Å². The summed E-state index contributed by atoms with van der Waals surface area (Å²) in [4.78, 5) is 3.78. The Kier molecular flexibility index (Phi) is 7.90. The molecule has 0 aliphatic heterocycles. The van der Waals surface area contributed by atoms with E-state index in [1.807, 2.05) is 60.7 Å². The van der Waals surface area contributed by atoms with Crippen LogP contribution < -0.4 is 0 Å². The Bertz CT molecular complexity index is 524. The third-order valence-corrected chi connectivity index (χ3v) is 2.34. The van der Waals surface area contributed by atoms with E-state index in [-0.39, 0.29) is 0 Å². The summed E-state index contributed by atoms with van der Waals surface area (Å²) in [6.45, 7) is 7.40. The molecule has 1 aromatic carbocycles. The molecule has 1 heteroatoms. The quantitative estimate of drug-likeness (QED) is 0.699. The van der Waals surface area contributed by atoms with Gasteiger partial charge in [-0.15, -0.1) is 0 Å². The van der Waals surface area contributed by atoms with Crippen LogP contribution in [0, 0.1) is 0 Å². The Hall–Kier alpha value is -2.67. The zero-order chi connectivity index (χ0) is 14.5. The van der Waals surface area contributed by atoms with E-state index in [2.05, 4.69) is 30.3 Å². The van der Waals surface area contributed by atoms with Gasteiger partial charge in [0.1, 0.15) is 0 Å². The van der Waals surface area contributed by atoms with Gasteiger partial charge in [-0.25, -0.2) is 0 Å². The van der Waals surface area contributed by atoms with Gasteiger partial charge >= 0.3 is 0 Å². The van der Waals surface area contributed by atoms with E-state index >= 15 is 0 Å². The molecule has 0 atom stereocenters. The highest BCUT2D eigenvalue weighted by molar-refractivity contribution is 5.51. The Morgan fingerprint density at radius 2 is 1.55 bits per heavy atom. The fourth-order valence-corrected chi connectivity index (χ4v) is 1.29. The van der Waals surface area contributed by atoms with Crippen LogP contribution in [-0.4, -0.2) is 4.98 Å². The molecule has 0 aliphatic carbocycles. The van der Waals surface area contributed by atoms with Crippen LogP contribution in [-0.2, 0) is 0 Å². The minimum atomic E-state index is 0.919. The lowest BCUT2D eigenvalue weighted by Crippen LogP contribution is -1.67. The molecule has 0 amide bonds. The van der Waals surface area contributed by atoms with Crippen LogP contribution in [0.4, 0.5) is 0 Å². The molecule has 0 saturated heterocycles. The summed E-state index contributed by atoms with van der Waals surface area (Å²) in [5.41, 5.74) is 2.11. The standard InChI is InChI=1S/C14H14.C5H5N/c1-3-13(2)9-7-8-12-14-10-5-4-6-11-14;1-2-4-6-5-3-1/h3-12H,1-2H2;1-5H. The molecule has 0 N–H and O–H groups in total. The van der Waals surface area contributed by atoms with Crippen LogP contribution in [0.25, 0.3) is 6.08 Å². The molecular formula is C19H19N. The molecule has 0 saturated carbocycles. The zero-order valence-electron chi connectivity index (χ0n) is 11.5. The third-order valence-electron chi connectivity index (χ3n) is 2.34. The van der Waals surface area contributed by atoms with Crippen molar-refractivity contribution in [3.8, 4) is 0 Å². The van der Waals surface area contributed by atoms with Crippen molar-refractivity contribution in [1.29, 1.82) is 0 Å². The highest BCUT2D eigenvalue weighted by Gasteiger charge is 1.79. The molecule has 0 radical (unpaired) electrons. The van der Waals surface area contributed by atoms with Gasteiger partial charge in [0.25, 0.3) is 0 Å². The molecule has 1 heterocycles. The van der Waals surface area contributed by atoms with Gasteiger partial charge in [0.05, 0.1) is 0 Å². The maximum absolute atomic E-state index is 3.78. The maximum atomic E-state index is 3.78. The predicted octanol–water partition coefficient (Wildman–Crippen LogP) is 5.08. The average Bonchev–Trinajstić information content (AvgIpc) is 2.54. The van der Waals surface area contributed by atoms with Crippen molar-refractivity contribution in [1.82, 2.24) is 4.98 Å². The smallest absolute Gasteiger partial charge is 0.0267 e. The lowest BCUT2D eigenvalue weighted by Gasteiger charge is -1.88. The second-order valence-electron chi connectivity index (χ2n) is 3.93. The van der Waals surface area contributed by atoms with Gasteiger partial charge < -0.3 is 0 Å². The molecular weight excluding hydrogens is 242 g/mol. The topological polar surface area (TPSA) is 12.9 Å². The highest BCUT2D eigenvalue weighted by atomic mass is 14.6. The number of aromatic nitrogens is 1. The number of allylic oxidation sites excluding steroid dienone is 5. The molecule has 0 aliphatic rings. The summed E-state index contributed by atoms with van der Waals surface area (Å²) in [7, 11) is 0. The first-order valence-electron chi connectivity index (χ1n) is 6.39. The van der Waals surface area contributed by atoms with Crippen LogP contribution in [0.5, 0.6) is 0 Å². The second kappa shape index (κ2) is 10.3. The Labute approximate surface area is 121 Å². The third kappa shape index (κ3) is 7.62. The van der Waals surface area contributed by atoms with Gasteiger partial charge in [-0.3, -0.25) is 4.98 Å². The molecule has 0 fully saturated rings. The first-order chi connectivity index (χ1) is 9.83. The molecule has 2 aromatic rings. The molecule has 1 nitrogen and oxygen atoms in total. The first-order valence-corrected chi connectivity index (χ1v) is 6.39. The van der Waals surface area contributed by atoms with Gasteiger partial charge in [-0.05, 0) is 23.3 Å². The van der Waals surface area contributed by atoms with E-state index in [0.717, 1.165) is 5.57 Å². The van der Waals surface area contributed by atoms with E-state index in [1.54, 1.807) is 18.5 Å². The van der Waals surface area contributed by atoms with Crippen molar-refractivity contribution in [2.75, 3.05) is 0 Å². The van der Waals surface area contributed by atoms with Gasteiger partial charge in [0, 0.05) is 12.4 Å². The van der Waals surface area contributed by atoms with E-state index in [4.69, 9.17) is 0 Å². The number of rotatable bonds is 4. The Morgan fingerprint density at radius 3 is 2.05 bits per heavy atom. The normalized spacial score (nSPS) is 10.0. The van der Waals surface area contributed by atoms with E-state index in [0.29, 0.717) is 0 Å². The predicted molar refractivity (Wildman–Crippen MR) is 88.2 cm³/mol. The number of hydrogen-bond donors (Lipinski definition) is 0. The van der Waals surface area contributed by atoms with Crippen LogP contribution in [0.15, 0.2) is 104 Å². The van der Waals surface area contributed by atoms with Gasteiger partial charge in [0.2, 0.25) is 0 Å². The van der Waals surface area contributed by atoms with Crippen molar-refractivity contribution in [3.63, 3.8) is 0 Å². The fourth-order valence-electron chi connectivity index (χ4n) is 1.29. The van der Waals surface area contributed by atoms with Crippen molar-refractivity contribution >= 4 is 6.08 Å². The lowest BCUT2D eigenvalue weighted by atomic mass is 10.2. The fraction of sp³-hybridized carbons (Fsp3) is 0. The maximum Gasteiger partial charge on any atom is 0.0267 e. The molecule has 0 spiro atoms. The van der Waals surface area contributed by atoms with Gasteiger partial charge in [-0.2, -0.15) is 0 Å². The minimum Gasteiger partial charge on any atom is -0.265 e. The van der Waals surface area contributed by atoms with Crippen molar-refractivity contribution in [3.05, 3.63) is 110 Å². The molecule has 2 rings (SSSR count). The molecule has 100 valence electrons. The number of benzene rings is 1. The summed E-state index contributed by atoms with van der Waals surface area (Å²) in [5.74, 6) is 0. The molecule has 0 unspecified atom stereocenters. The van der Waals surface area contributed by atoms with Crippen LogP contribution in [0.1, 0.15) is 5.56 Å². The SMILES string of the molecule is C=CC(=C)C=CC=Cc1ccccc1.c1ccncc1. The van der Waals surface area contributed by atoms with Gasteiger partial charge in [0.15, 0.2) is 0 Å². The van der Waals surface area contributed by atoms with Crippen molar-refractivity contribution < 1.29 is 0 Å². The largest absolute Gasteiger partial charge is 0.265 e. The van der Waals surface area contributed by atoms with E-state index in [1.165, 1.54) is 5.56 Å². The number of nitrogens with zero attached hydrogens (tertiary/aromatic N) is 1. The van der Waals surface area contributed by atoms with Crippen LogP contribution in [0.3, 0.4) is 0 Å². The lowest BCUT2D eigenvalue weighted by molar-refractivity contribution is 1.33. The summed E-state index contributed by atoms with van der Waals surface area (Å²) < 4.78 is 0. The monoisotopic (exact) mass is 261 g/mol. The number of hydrogen-bond acceptors (Lipinski definition) is 1. The Balaban J connectivity index is 0.000000276. The average molecular weight is 261 g/mol. The van der Waals surface area contributed by atoms with E-state index < -0.39 is 0 Å². The van der Waals surface area contributed by atoms with Crippen LogP contribution >= 0.6 is 0 Å². The summed E-state index contributed by atoms with van der Waals surface area (Å²) >= 11 is 0. The Morgan fingerprint density at radius 1 is 0.900 bits per heavy atom. The summed E-state index contributed by atoms with van der Waals surface area (Å²) in [5, 5.41) is 0. The second-order valence-corrected chi connectivity index (χ2v) is 3.93. The highest BCUT2D eigenvalue weighted by Crippen LogP contribution is 2.01. The summed E-state index contributed by atoms with van der Waals surface area (Å²) in [6, 6.07) is 15.9. The summed E-state index contributed by atoms with van der Waals surface area (Å²) in [6.07, 6.45) is 13.1. The molecule has 20 heavy (non-hydrogen) atoms. The number of pyridine rings is 1.